The fraction of sp³-hybridized carbons (Fsp3) is 0.393. The van der Waals surface area contributed by atoms with E-state index in [1.165, 1.54) is 38.2 Å². The highest BCUT2D eigenvalue weighted by Gasteiger charge is 2.17. The fourth-order valence-electron chi connectivity index (χ4n) is 4.48. The average Bonchev–Trinajstić information content (AvgIpc) is 2.96. The van der Waals surface area contributed by atoms with Crippen LogP contribution in [-0.4, -0.2) is 85.1 Å². The molecule has 1 aliphatic rings. The molecule has 2 heterocycles. The van der Waals surface area contributed by atoms with E-state index in [1.807, 2.05) is 31.3 Å². The Bertz CT molecular complexity index is 1280. The Morgan fingerprint density at radius 2 is 1.71 bits per heavy atom. The lowest BCUT2D eigenvalue weighted by Crippen LogP contribution is -2.47. The maximum Gasteiger partial charge on any atom is 0.253 e. The van der Waals surface area contributed by atoms with Crippen LogP contribution in [0, 0.1) is 5.82 Å². The van der Waals surface area contributed by atoms with Gasteiger partial charge in [-0.3, -0.25) is 9.52 Å². The van der Waals surface area contributed by atoms with Crippen molar-refractivity contribution in [1.82, 2.24) is 29.8 Å². The molecule has 220 valence electrons. The van der Waals surface area contributed by atoms with Crippen molar-refractivity contribution in [3.05, 3.63) is 64.5 Å². The summed E-state index contributed by atoms with van der Waals surface area (Å²) in [6.07, 6.45) is 3.89. The van der Waals surface area contributed by atoms with Gasteiger partial charge in [-0.2, -0.15) is 4.98 Å². The summed E-state index contributed by atoms with van der Waals surface area (Å²) in [5.74, 6) is -0.877. The van der Waals surface area contributed by atoms with Crippen LogP contribution in [0.1, 0.15) is 23.2 Å². The summed E-state index contributed by atoms with van der Waals surface area (Å²) in [7, 11) is 2.01. The third-order valence-electron chi connectivity index (χ3n) is 6.68. The number of benzene rings is 2. The number of anilines is 4. The topological polar surface area (TPSA) is 123 Å². The van der Waals surface area contributed by atoms with Crippen molar-refractivity contribution in [2.45, 2.75) is 17.7 Å². The fourth-order valence-corrected chi connectivity index (χ4v) is 5.46. The first-order valence-electron chi connectivity index (χ1n) is 13.7. The maximum atomic E-state index is 14.1. The Hall–Kier alpha value is -2.81. The van der Waals surface area contributed by atoms with Gasteiger partial charge in [0.05, 0.1) is 15.7 Å². The smallest absolute Gasteiger partial charge is 0.253 e. The van der Waals surface area contributed by atoms with Crippen LogP contribution in [0.25, 0.3) is 0 Å². The number of primary amides is 1. The highest BCUT2D eigenvalue weighted by atomic mass is 79.9. The van der Waals surface area contributed by atoms with E-state index < -0.39 is 11.7 Å². The Morgan fingerprint density at radius 3 is 2.37 bits per heavy atom. The molecule has 0 aliphatic carbocycles. The minimum atomic E-state index is -0.869. The molecule has 6 N–H and O–H groups in total. The largest absolute Gasteiger partial charge is 0.365 e. The summed E-state index contributed by atoms with van der Waals surface area (Å²) in [4.78, 5) is 26.7. The van der Waals surface area contributed by atoms with E-state index in [-0.39, 0.29) is 11.3 Å². The molecule has 41 heavy (non-hydrogen) atoms. The number of halogens is 2. The molecule has 0 atom stereocenters. The number of piperazine rings is 1. The zero-order chi connectivity index (χ0) is 29.0. The lowest BCUT2D eigenvalue weighted by Gasteiger charge is -2.34. The summed E-state index contributed by atoms with van der Waals surface area (Å²) in [5.41, 5.74) is 6.16. The second kappa shape index (κ2) is 16.0. The van der Waals surface area contributed by atoms with Crippen molar-refractivity contribution in [2.75, 3.05) is 70.0 Å². The van der Waals surface area contributed by atoms with Crippen molar-refractivity contribution in [3.8, 4) is 0 Å². The molecule has 1 aliphatic heterocycles. The molecule has 0 saturated carbocycles. The second-order valence-corrected chi connectivity index (χ2v) is 11.5. The maximum absolute atomic E-state index is 14.1. The van der Waals surface area contributed by atoms with Crippen LogP contribution in [0.3, 0.4) is 0 Å². The molecular formula is C28H37BrFN9OS. The highest BCUT2D eigenvalue weighted by molar-refractivity contribution is 9.10. The minimum Gasteiger partial charge on any atom is -0.365 e. The number of aromatic nitrogens is 2. The van der Waals surface area contributed by atoms with Gasteiger partial charge in [-0.15, -0.1) is 0 Å². The minimum absolute atomic E-state index is 0.218. The number of hydrogen-bond acceptors (Lipinski definition) is 10. The lowest BCUT2D eigenvalue weighted by molar-refractivity contribution is 0.0997. The van der Waals surface area contributed by atoms with Gasteiger partial charge in [0.1, 0.15) is 11.6 Å². The summed E-state index contributed by atoms with van der Waals surface area (Å²) in [6.45, 7) is 8.97. The first-order chi connectivity index (χ1) is 19.9. The van der Waals surface area contributed by atoms with E-state index in [1.54, 1.807) is 24.2 Å². The molecule has 1 saturated heterocycles. The molecule has 3 aromatic rings. The molecule has 1 amide bonds. The standard InChI is InChI=1S/C28H37BrFN9OS/c1-32-11-3-13-38-15-17-39(18-16-38)14-4-12-34-41-21-9-7-20(8-10-21)35-28-33-19-22(29)27(37-28)36-24-6-2-5-23(30)25(24)26(31)40/h2,5-10,19,32,34H,3-4,11-18H2,1H3,(H2,31,40)(H2,33,35,36,37). The molecule has 4 rings (SSSR count). The summed E-state index contributed by atoms with van der Waals surface area (Å²) < 4.78 is 18.1. The number of carbonyl (C=O) groups is 1. The number of rotatable bonds is 15. The first kappa shape index (κ1) is 31.1. The van der Waals surface area contributed by atoms with Crippen molar-refractivity contribution >= 4 is 56.9 Å². The van der Waals surface area contributed by atoms with Gasteiger partial charge in [0.25, 0.3) is 5.91 Å². The number of carbonyl (C=O) groups excluding carboxylic acids is 1. The highest BCUT2D eigenvalue weighted by Crippen LogP contribution is 2.28. The van der Waals surface area contributed by atoms with Gasteiger partial charge in [0.2, 0.25) is 5.95 Å². The van der Waals surface area contributed by atoms with Crippen LogP contribution in [0.5, 0.6) is 0 Å². The summed E-state index contributed by atoms with van der Waals surface area (Å²) in [6, 6.07) is 12.2. The Balaban J connectivity index is 1.20. The molecule has 13 heteroatoms. The molecule has 2 aromatic carbocycles. The Morgan fingerprint density at radius 1 is 1.02 bits per heavy atom. The van der Waals surface area contributed by atoms with Crippen molar-refractivity contribution in [2.24, 2.45) is 5.73 Å². The molecule has 0 spiro atoms. The number of hydrogen-bond donors (Lipinski definition) is 5. The number of nitrogens with two attached hydrogens (primary N) is 1. The number of nitrogens with zero attached hydrogens (tertiary/aromatic N) is 4. The van der Waals surface area contributed by atoms with Crippen LogP contribution < -0.4 is 26.4 Å². The van der Waals surface area contributed by atoms with Crippen molar-refractivity contribution < 1.29 is 9.18 Å². The van der Waals surface area contributed by atoms with Crippen LogP contribution in [0.4, 0.5) is 27.5 Å². The van der Waals surface area contributed by atoms with Crippen LogP contribution >= 0.6 is 27.9 Å². The molecular weight excluding hydrogens is 609 g/mol. The summed E-state index contributed by atoms with van der Waals surface area (Å²) >= 11 is 5.01. The summed E-state index contributed by atoms with van der Waals surface area (Å²) in [5, 5.41) is 9.36. The third kappa shape index (κ3) is 9.62. The first-order valence-corrected chi connectivity index (χ1v) is 15.3. The van der Waals surface area contributed by atoms with E-state index >= 15 is 0 Å². The molecule has 0 unspecified atom stereocenters. The quantitative estimate of drug-likeness (QED) is 0.121. The number of nitrogens with one attached hydrogen (secondary N) is 4. The Labute approximate surface area is 253 Å². The van der Waals surface area contributed by atoms with Crippen LogP contribution in [-0.2, 0) is 0 Å². The normalized spacial score (nSPS) is 14.2. The third-order valence-corrected chi connectivity index (χ3v) is 8.11. The van der Waals surface area contributed by atoms with Gasteiger partial charge < -0.3 is 31.5 Å². The molecule has 0 bridgehead atoms. The SMILES string of the molecule is CNCCCN1CCN(CCCNSc2ccc(Nc3ncc(Br)c(Nc4cccc(F)c4C(N)=O)n3)cc2)CC1. The molecule has 0 radical (unpaired) electrons. The van der Waals surface area contributed by atoms with E-state index in [4.69, 9.17) is 5.73 Å². The van der Waals surface area contributed by atoms with Crippen LogP contribution in [0.2, 0.25) is 0 Å². The molecule has 10 nitrogen and oxygen atoms in total. The Kier molecular flexibility index (Phi) is 12.1. The van der Waals surface area contributed by atoms with Gasteiger partial charge >= 0.3 is 0 Å². The van der Waals surface area contributed by atoms with Gasteiger partial charge in [0, 0.05) is 49.5 Å². The zero-order valence-corrected chi connectivity index (χ0v) is 25.5. The monoisotopic (exact) mass is 645 g/mol. The lowest BCUT2D eigenvalue weighted by atomic mass is 10.1. The predicted octanol–water partition coefficient (Wildman–Crippen LogP) is 4.18. The predicted molar refractivity (Wildman–Crippen MR) is 168 cm³/mol. The van der Waals surface area contributed by atoms with E-state index in [9.17, 15) is 9.18 Å². The van der Waals surface area contributed by atoms with Gasteiger partial charge in [-0.25, -0.2) is 9.37 Å². The van der Waals surface area contributed by atoms with E-state index in [0.29, 0.717) is 16.2 Å². The van der Waals surface area contributed by atoms with E-state index in [2.05, 4.69) is 56.4 Å². The number of amides is 1. The molecule has 1 fully saturated rings. The zero-order valence-electron chi connectivity index (χ0n) is 23.1. The molecule has 1 aromatic heterocycles. The second-order valence-electron chi connectivity index (χ2n) is 9.68. The van der Waals surface area contributed by atoms with Gasteiger partial charge in [-0.1, -0.05) is 6.07 Å². The van der Waals surface area contributed by atoms with Crippen LogP contribution in [0.15, 0.2) is 58.0 Å². The van der Waals surface area contributed by atoms with E-state index in [0.717, 1.165) is 49.7 Å². The van der Waals surface area contributed by atoms with Crippen molar-refractivity contribution in [1.29, 1.82) is 0 Å². The van der Waals surface area contributed by atoms with Gasteiger partial charge in [-0.05, 0) is 104 Å². The average molecular weight is 647 g/mol. The van der Waals surface area contributed by atoms with Gasteiger partial charge in [0.15, 0.2) is 0 Å². The van der Waals surface area contributed by atoms with Crippen molar-refractivity contribution in [3.63, 3.8) is 0 Å².